The standard InChI is InChI=1S/C20H29N3O3/c1-21-9-3-10-22(13-12-21)15-19(24)23-11-2-4-18(14-23)16-5-7-17(8-6-16)20(25)26/h5-8,18H,2-4,9-15H2,1H3,(H,25,26)/t18-/m0/s1. The number of benzene rings is 1. The highest BCUT2D eigenvalue weighted by Crippen LogP contribution is 2.27. The second-order valence-corrected chi connectivity index (χ2v) is 7.54. The molecule has 6 nitrogen and oxygen atoms in total. The summed E-state index contributed by atoms with van der Waals surface area (Å²) in [5.41, 5.74) is 1.44. The van der Waals surface area contributed by atoms with Gasteiger partial charge in [-0.2, -0.15) is 0 Å². The van der Waals surface area contributed by atoms with Crippen molar-refractivity contribution in [3.63, 3.8) is 0 Å². The van der Waals surface area contributed by atoms with Crippen molar-refractivity contribution < 1.29 is 14.7 Å². The van der Waals surface area contributed by atoms with Crippen LogP contribution in [0, 0.1) is 0 Å². The summed E-state index contributed by atoms with van der Waals surface area (Å²) in [5.74, 6) is -0.382. The van der Waals surface area contributed by atoms with E-state index in [-0.39, 0.29) is 5.91 Å². The molecule has 142 valence electrons. The highest BCUT2D eigenvalue weighted by molar-refractivity contribution is 5.87. The van der Waals surface area contributed by atoms with Gasteiger partial charge in [0, 0.05) is 32.1 Å². The Kier molecular flexibility index (Phi) is 6.27. The zero-order valence-corrected chi connectivity index (χ0v) is 15.6. The van der Waals surface area contributed by atoms with Crippen molar-refractivity contribution in [3.05, 3.63) is 35.4 Å². The fourth-order valence-electron chi connectivity index (χ4n) is 3.92. The predicted octanol–water partition coefficient (Wildman–Crippen LogP) is 1.73. The number of carboxylic acids is 1. The number of likely N-dealkylation sites (N-methyl/N-ethyl adjacent to an activating group) is 1. The third kappa shape index (κ3) is 4.83. The predicted molar refractivity (Wildman–Crippen MR) is 101 cm³/mol. The van der Waals surface area contributed by atoms with Crippen molar-refractivity contribution in [1.82, 2.24) is 14.7 Å². The Labute approximate surface area is 155 Å². The van der Waals surface area contributed by atoms with E-state index < -0.39 is 5.97 Å². The number of carbonyl (C=O) groups excluding carboxylic acids is 1. The summed E-state index contributed by atoms with van der Waals surface area (Å²) in [7, 11) is 2.14. The molecule has 2 aliphatic rings. The minimum Gasteiger partial charge on any atom is -0.478 e. The summed E-state index contributed by atoms with van der Waals surface area (Å²) in [6, 6.07) is 7.11. The van der Waals surface area contributed by atoms with Gasteiger partial charge in [0.25, 0.3) is 0 Å². The van der Waals surface area contributed by atoms with Crippen LogP contribution in [0.2, 0.25) is 0 Å². The molecule has 2 fully saturated rings. The molecule has 2 aliphatic heterocycles. The summed E-state index contributed by atoms with van der Waals surface area (Å²) in [4.78, 5) is 30.4. The Balaban J connectivity index is 1.57. The van der Waals surface area contributed by atoms with E-state index in [2.05, 4.69) is 16.8 Å². The summed E-state index contributed by atoms with van der Waals surface area (Å²) in [6.07, 6.45) is 3.16. The molecule has 3 rings (SSSR count). The van der Waals surface area contributed by atoms with E-state index in [0.717, 1.165) is 64.1 Å². The summed E-state index contributed by atoms with van der Waals surface area (Å²) < 4.78 is 0. The molecule has 6 heteroatoms. The van der Waals surface area contributed by atoms with E-state index in [4.69, 9.17) is 5.11 Å². The van der Waals surface area contributed by atoms with E-state index in [9.17, 15) is 9.59 Å². The molecule has 0 aliphatic carbocycles. The maximum absolute atomic E-state index is 12.8. The lowest BCUT2D eigenvalue weighted by atomic mass is 9.90. The number of rotatable bonds is 4. The van der Waals surface area contributed by atoms with E-state index in [0.29, 0.717) is 18.0 Å². The lowest BCUT2D eigenvalue weighted by Gasteiger charge is -2.34. The zero-order chi connectivity index (χ0) is 18.5. The molecule has 2 saturated heterocycles. The van der Waals surface area contributed by atoms with Gasteiger partial charge in [-0.15, -0.1) is 0 Å². The van der Waals surface area contributed by atoms with Gasteiger partial charge in [-0.3, -0.25) is 9.69 Å². The van der Waals surface area contributed by atoms with Gasteiger partial charge in [-0.25, -0.2) is 4.79 Å². The molecule has 1 N–H and O–H groups in total. The number of hydrogen-bond donors (Lipinski definition) is 1. The van der Waals surface area contributed by atoms with Crippen LogP contribution in [0.25, 0.3) is 0 Å². The Hall–Kier alpha value is -1.92. The van der Waals surface area contributed by atoms with Crippen LogP contribution < -0.4 is 0 Å². The first-order valence-corrected chi connectivity index (χ1v) is 9.55. The number of aromatic carboxylic acids is 1. The topological polar surface area (TPSA) is 64.1 Å². The van der Waals surface area contributed by atoms with E-state index in [1.165, 1.54) is 0 Å². The molecule has 0 radical (unpaired) electrons. The first-order chi connectivity index (χ1) is 12.5. The molecule has 0 saturated carbocycles. The lowest BCUT2D eigenvalue weighted by molar-refractivity contribution is -0.133. The third-order valence-corrected chi connectivity index (χ3v) is 5.57. The van der Waals surface area contributed by atoms with E-state index >= 15 is 0 Å². The Bertz CT molecular complexity index is 632. The molecule has 0 unspecified atom stereocenters. The van der Waals surface area contributed by atoms with E-state index in [1.54, 1.807) is 12.1 Å². The third-order valence-electron chi connectivity index (χ3n) is 5.57. The molecule has 1 aromatic carbocycles. The average molecular weight is 359 g/mol. The Morgan fingerprint density at radius 2 is 1.81 bits per heavy atom. The van der Waals surface area contributed by atoms with Gasteiger partial charge in [0.2, 0.25) is 5.91 Å². The van der Waals surface area contributed by atoms with Crippen molar-refractivity contribution in [2.75, 3.05) is 52.9 Å². The molecule has 0 aromatic heterocycles. The van der Waals surface area contributed by atoms with Gasteiger partial charge in [-0.05, 0) is 57.1 Å². The minimum absolute atomic E-state index is 0.224. The normalized spacial score (nSPS) is 22.8. The highest BCUT2D eigenvalue weighted by atomic mass is 16.4. The smallest absolute Gasteiger partial charge is 0.335 e. The maximum atomic E-state index is 12.8. The monoisotopic (exact) mass is 359 g/mol. The van der Waals surface area contributed by atoms with Crippen LogP contribution in [-0.4, -0.2) is 84.5 Å². The van der Waals surface area contributed by atoms with Gasteiger partial charge in [0.1, 0.15) is 0 Å². The van der Waals surface area contributed by atoms with Crippen LogP contribution in [0.3, 0.4) is 0 Å². The first-order valence-electron chi connectivity index (χ1n) is 9.55. The Morgan fingerprint density at radius 1 is 1.04 bits per heavy atom. The maximum Gasteiger partial charge on any atom is 0.335 e. The number of carbonyl (C=O) groups is 2. The van der Waals surface area contributed by atoms with Gasteiger partial charge >= 0.3 is 5.97 Å². The summed E-state index contributed by atoms with van der Waals surface area (Å²) in [5, 5.41) is 9.03. The van der Waals surface area contributed by atoms with Crippen LogP contribution in [0.1, 0.15) is 41.1 Å². The van der Waals surface area contributed by atoms with Gasteiger partial charge in [0.15, 0.2) is 0 Å². The number of nitrogens with zero attached hydrogens (tertiary/aromatic N) is 3. The van der Waals surface area contributed by atoms with Crippen molar-refractivity contribution >= 4 is 11.9 Å². The van der Waals surface area contributed by atoms with Crippen LogP contribution in [0.15, 0.2) is 24.3 Å². The van der Waals surface area contributed by atoms with Crippen LogP contribution in [0.4, 0.5) is 0 Å². The van der Waals surface area contributed by atoms with E-state index in [1.807, 2.05) is 17.0 Å². The second kappa shape index (κ2) is 8.64. The van der Waals surface area contributed by atoms with Gasteiger partial charge in [-0.1, -0.05) is 12.1 Å². The molecule has 0 spiro atoms. The molecule has 1 aromatic rings. The molecular weight excluding hydrogens is 330 g/mol. The Morgan fingerprint density at radius 3 is 2.54 bits per heavy atom. The van der Waals surface area contributed by atoms with Crippen LogP contribution >= 0.6 is 0 Å². The summed E-state index contributed by atoms with van der Waals surface area (Å²) in [6.45, 7) is 6.14. The molecule has 2 heterocycles. The zero-order valence-electron chi connectivity index (χ0n) is 15.6. The molecule has 1 amide bonds. The quantitative estimate of drug-likeness (QED) is 0.887. The fraction of sp³-hybridized carbons (Fsp3) is 0.600. The van der Waals surface area contributed by atoms with Crippen molar-refractivity contribution in [2.45, 2.75) is 25.2 Å². The van der Waals surface area contributed by atoms with Crippen LogP contribution in [0.5, 0.6) is 0 Å². The number of likely N-dealkylation sites (tertiary alicyclic amines) is 1. The number of amides is 1. The minimum atomic E-state index is -0.903. The second-order valence-electron chi connectivity index (χ2n) is 7.54. The highest BCUT2D eigenvalue weighted by Gasteiger charge is 2.26. The number of hydrogen-bond acceptors (Lipinski definition) is 4. The number of piperidine rings is 1. The molecule has 0 bridgehead atoms. The fourth-order valence-corrected chi connectivity index (χ4v) is 3.92. The molecule has 1 atom stereocenters. The summed E-state index contributed by atoms with van der Waals surface area (Å²) >= 11 is 0. The lowest BCUT2D eigenvalue weighted by Crippen LogP contribution is -2.45. The first kappa shape index (κ1) is 18.9. The SMILES string of the molecule is CN1CCCN(CC(=O)N2CCC[C@H](c3ccc(C(=O)O)cc3)C2)CC1. The van der Waals surface area contributed by atoms with Crippen LogP contribution in [-0.2, 0) is 4.79 Å². The molecular formula is C20H29N3O3. The van der Waals surface area contributed by atoms with Crippen molar-refractivity contribution in [1.29, 1.82) is 0 Å². The van der Waals surface area contributed by atoms with Gasteiger partial charge < -0.3 is 14.9 Å². The van der Waals surface area contributed by atoms with Crippen molar-refractivity contribution in [2.24, 2.45) is 0 Å². The largest absolute Gasteiger partial charge is 0.478 e. The number of carboxylic acid groups (broad SMARTS) is 1. The van der Waals surface area contributed by atoms with Gasteiger partial charge in [0.05, 0.1) is 12.1 Å². The molecule has 26 heavy (non-hydrogen) atoms. The average Bonchev–Trinajstić information content (AvgIpc) is 2.86. The van der Waals surface area contributed by atoms with Crippen molar-refractivity contribution in [3.8, 4) is 0 Å².